The molecule has 0 aliphatic carbocycles. The van der Waals surface area contributed by atoms with Crippen molar-refractivity contribution in [1.82, 2.24) is 10.2 Å². The van der Waals surface area contributed by atoms with Crippen LogP contribution in [0.3, 0.4) is 0 Å². The average molecular weight is 557 g/mol. The number of carbonyl (C=O) groups excluding carboxylic acids is 2. The summed E-state index contributed by atoms with van der Waals surface area (Å²) in [6, 6.07) is 15.3. The highest BCUT2D eigenvalue weighted by molar-refractivity contribution is 14.1. The molecule has 0 saturated heterocycles. The van der Waals surface area contributed by atoms with Gasteiger partial charge >= 0.3 is 0 Å². The maximum Gasteiger partial charge on any atom is 0.244 e. The molecule has 2 rings (SSSR count). The number of carbonyl (C=O) groups is 2. The SMILES string of the molecule is CC(C)NC(=O)[C@@H](C)N(Cc1ccccc1)C(=O)CN(c1ccc(I)cc1)S(C)(=O)=O. The molecule has 0 spiro atoms. The van der Waals surface area contributed by atoms with E-state index in [0.29, 0.717) is 5.69 Å². The van der Waals surface area contributed by atoms with Crippen molar-refractivity contribution in [3.05, 3.63) is 63.7 Å². The number of nitrogens with zero attached hydrogens (tertiary/aromatic N) is 2. The predicted molar refractivity (Wildman–Crippen MR) is 131 cm³/mol. The Morgan fingerprint density at radius 1 is 1.00 bits per heavy atom. The average Bonchev–Trinajstić information content (AvgIpc) is 2.70. The van der Waals surface area contributed by atoms with Gasteiger partial charge in [0, 0.05) is 16.2 Å². The molecule has 1 N–H and O–H groups in total. The summed E-state index contributed by atoms with van der Waals surface area (Å²) in [6.45, 7) is 5.13. The summed E-state index contributed by atoms with van der Waals surface area (Å²) >= 11 is 2.13. The fourth-order valence-electron chi connectivity index (χ4n) is 2.99. The van der Waals surface area contributed by atoms with E-state index >= 15 is 0 Å². The van der Waals surface area contributed by atoms with E-state index in [2.05, 4.69) is 27.9 Å². The van der Waals surface area contributed by atoms with Gasteiger partial charge in [-0.3, -0.25) is 13.9 Å². The van der Waals surface area contributed by atoms with Crippen molar-refractivity contribution in [2.45, 2.75) is 39.4 Å². The summed E-state index contributed by atoms with van der Waals surface area (Å²) in [4.78, 5) is 27.4. The minimum Gasteiger partial charge on any atom is -0.352 e. The van der Waals surface area contributed by atoms with Crippen LogP contribution in [0.5, 0.6) is 0 Å². The molecule has 0 fully saturated rings. The molecular formula is C22H28IN3O4S. The van der Waals surface area contributed by atoms with Crippen LogP contribution >= 0.6 is 22.6 Å². The third kappa shape index (κ3) is 7.49. The maximum atomic E-state index is 13.3. The molecule has 7 nitrogen and oxygen atoms in total. The van der Waals surface area contributed by atoms with Gasteiger partial charge in [0.15, 0.2) is 0 Å². The van der Waals surface area contributed by atoms with E-state index in [9.17, 15) is 18.0 Å². The van der Waals surface area contributed by atoms with Crippen molar-refractivity contribution in [1.29, 1.82) is 0 Å². The highest BCUT2D eigenvalue weighted by Crippen LogP contribution is 2.20. The summed E-state index contributed by atoms with van der Waals surface area (Å²) in [6.07, 6.45) is 1.06. The Bertz CT molecular complexity index is 995. The molecule has 9 heteroatoms. The Labute approximate surface area is 198 Å². The lowest BCUT2D eigenvalue weighted by molar-refractivity contribution is -0.139. The Morgan fingerprint density at radius 3 is 2.10 bits per heavy atom. The fourth-order valence-corrected chi connectivity index (χ4v) is 4.20. The lowest BCUT2D eigenvalue weighted by Crippen LogP contribution is -2.52. The zero-order chi connectivity index (χ0) is 23.2. The zero-order valence-corrected chi connectivity index (χ0v) is 21.1. The minimum atomic E-state index is -3.71. The van der Waals surface area contributed by atoms with Crippen LogP contribution in [0.15, 0.2) is 54.6 Å². The van der Waals surface area contributed by atoms with Crippen molar-refractivity contribution >= 4 is 50.1 Å². The topological polar surface area (TPSA) is 86.8 Å². The van der Waals surface area contributed by atoms with Crippen molar-refractivity contribution in [3.8, 4) is 0 Å². The first kappa shape index (κ1) is 25.1. The van der Waals surface area contributed by atoms with Crippen LogP contribution in [-0.2, 0) is 26.2 Å². The van der Waals surface area contributed by atoms with Crippen LogP contribution in [-0.4, -0.2) is 50.0 Å². The molecule has 0 aliphatic rings. The van der Waals surface area contributed by atoms with Crippen LogP contribution in [0, 0.1) is 3.57 Å². The molecule has 0 aromatic heterocycles. The van der Waals surface area contributed by atoms with Gasteiger partial charge < -0.3 is 10.2 Å². The van der Waals surface area contributed by atoms with E-state index in [0.717, 1.165) is 19.7 Å². The van der Waals surface area contributed by atoms with E-state index in [-0.39, 0.29) is 18.5 Å². The minimum absolute atomic E-state index is 0.0806. The van der Waals surface area contributed by atoms with Crippen molar-refractivity contribution < 1.29 is 18.0 Å². The van der Waals surface area contributed by atoms with Gasteiger partial charge in [-0.1, -0.05) is 30.3 Å². The van der Waals surface area contributed by atoms with Gasteiger partial charge in [-0.05, 0) is 73.2 Å². The Morgan fingerprint density at radius 2 is 1.58 bits per heavy atom. The van der Waals surface area contributed by atoms with E-state index in [4.69, 9.17) is 0 Å². The van der Waals surface area contributed by atoms with Gasteiger partial charge in [-0.25, -0.2) is 8.42 Å². The van der Waals surface area contributed by atoms with Gasteiger partial charge in [-0.15, -0.1) is 0 Å². The van der Waals surface area contributed by atoms with Gasteiger partial charge in [-0.2, -0.15) is 0 Å². The quantitative estimate of drug-likeness (QED) is 0.481. The number of amides is 2. The molecule has 0 heterocycles. The normalized spacial score (nSPS) is 12.3. The summed E-state index contributed by atoms with van der Waals surface area (Å²) in [7, 11) is -3.71. The number of halogens is 1. The second kappa shape index (κ2) is 10.9. The summed E-state index contributed by atoms with van der Waals surface area (Å²) in [5, 5.41) is 2.82. The molecule has 1 atom stereocenters. The molecule has 0 bridgehead atoms. The van der Waals surface area contributed by atoms with Crippen LogP contribution in [0.25, 0.3) is 0 Å². The lowest BCUT2D eigenvalue weighted by atomic mass is 10.1. The highest BCUT2D eigenvalue weighted by Gasteiger charge is 2.30. The maximum absolute atomic E-state index is 13.3. The Balaban J connectivity index is 2.35. The smallest absolute Gasteiger partial charge is 0.244 e. The monoisotopic (exact) mass is 557 g/mol. The molecule has 0 unspecified atom stereocenters. The second-order valence-corrected chi connectivity index (χ2v) is 10.7. The summed E-state index contributed by atoms with van der Waals surface area (Å²) < 4.78 is 26.9. The van der Waals surface area contributed by atoms with E-state index in [1.54, 1.807) is 31.2 Å². The van der Waals surface area contributed by atoms with Gasteiger partial charge in [0.25, 0.3) is 0 Å². The van der Waals surface area contributed by atoms with E-state index < -0.39 is 28.5 Å². The van der Waals surface area contributed by atoms with Gasteiger partial charge in [0.05, 0.1) is 11.9 Å². The number of benzene rings is 2. The fraction of sp³-hybridized carbons (Fsp3) is 0.364. The van der Waals surface area contributed by atoms with Gasteiger partial charge in [0.2, 0.25) is 21.8 Å². The van der Waals surface area contributed by atoms with Crippen LogP contribution in [0.2, 0.25) is 0 Å². The molecule has 168 valence electrons. The largest absolute Gasteiger partial charge is 0.352 e. The highest BCUT2D eigenvalue weighted by atomic mass is 127. The van der Waals surface area contributed by atoms with E-state index in [1.807, 2.05) is 44.2 Å². The van der Waals surface area contributed by atoms with Crippen molar-refractivity contribution in [2.24, 2.45) is 0 Å². The van der Waals surface area contributed by atoms with Crippen LogP contribution in [0.4, 0.5) is 5.69 Å². The number of hydrogen-bond donors (Lipinski definition) is 1. The standard InChI is InChI=1S/C22H28IN3O4S/c1-16(2)24-22(28)17(3)25(14-18-8-6-5-7-9-18)21(27)15-26(31(4,29)30)20-12-10-19(23)11-13-20/h5-13,16-17H,14-15H2,1-4H3,(H,24,28)/t17-/m1/s1. The molecule has 31 heavy (non-hydrogen) atoms. The first-order chi connectivity index (χ1) is 14.5. The number of anilines is 1. The third-order valence-corrected chi connectivity index (χ3v) is 6.45. The zero-order valence-electron chi connectivity index (χ0n) is 18.1. The Hall–Kier alpha value is -2.14. The van der Waals surface area contributed by atoms with Crippen LogP contribution in [0.1, 0.15) is 26.3 Å². The number of nitrogens with one attached hydrogen (secondary N) is 1. The lowest BCUT2D eigenvalue weighted by Gasteiger charge is -2.31. The molecule has 0 saturated carbocycles. The molecule has 2 amide bonds. The van der Waals surface area contributed by atoms with E-state index in [1.165, 1.54) is 4.90 Å². The predicted octanol–water partition coefficient (Wildman–Crippen LogP) is 3.00. The molecule has 0 radical (unpaired) electrons. The van der Waals surface area contributed by atoms with Crippen LogP contribution < -0.4 is 9.62 Å². The van der Waals surface area contributed by atoms with Crippen molar-refractivity contribution in [2.75, 3.05) is 17.1 Å². The number of rotatable bonds is 9. The van der Waals surface area contributed by atoms with Crippen molar-refractivity contribution in [3.63, 3.8) is 0 Å². The third-order valence-electron chi connectivity index (χ3n) is 4.59. The molecule has 2 aromatic carbocycles. The number of hydrogen-bond acceptors (Lipinski definition) is 4. The summed E-state index contributed by atoms with van der Waals surface area (Å²) in [5.74, 6) is -0.751. The molecular weight excluding hydrogens is 529 g/mol. The first-order valence-corrected chi connectivity index (χ1v) is 12.8. The number of sulfonamides is 1. The Kier molecular flexibility index (Phi) is 8.87. The summed E-state index contributed by atoms with van der Waals surface area (Å²) in [5.41, 5.74) is 1.25. The van der Waals surface area contributed by atoms with Gasteiger partial charge in [0.1, 0.15) is 12.6 Å². The molecule has 0 aliphatic heterocycles. The first-order valence-electron chi connectivity index (χ1n) is 9.86. The molecule has 2 aromatic rings. The second-order valence-electron chi connectivity index (χ2n) is 7.59.